The van der Waals surface area contributed by atoms with Crippen LogP contribution < -0.4 is 0 Å². The summed E-state index contributed by atoms with van der Waals surface area (Å²) in [6.07, 6.45) is 8.42. The number of hydrogen-bond acceptors (Lipinski definition) is 3. The van der Waals surface area contributed by atoms with Crippen LogP contribution in [0.1, 0.15) is 51.3 Å². The SMILES string of the molecule is CC(C)(C)Cc1ccc(-c2ccnc(-c3[c-]cccc3)c2)cc1.CC1(C)c2ccccc2-c2cnc(-c3[c-]cncc3)cc21.[Ir]. The largest absolute Gasteiger partial charge is 0.320 e. The summed E-state index contributed by atoms with van der Waals surface area (Å²) < 4.78 is 0. The van der Waals surface area contributed by atoms with Crippen LogP contribution in [0, 0.1) is 17.5 Å². The molecule has 0 unspecified atom stereocenters. The van der Waals surface area contributed by atoms with Gasteiger partial charge in [-0.05, 0) is 75.1 Å². The van der Waals surface area contributed by atoms with Gasteiger partial charge >= 0.3 is 0 Å². The Balaban J connectivity index is 0.000000174. The van der Waals surface area contributed by atoms with E-state index in [0.717, 1.165) is 28.9 Å². The number of aromatic nitrogens is 3. The molecule has 3 nitrogen and oxygen atoms in total. The Morgan fingerprint density at radius 1 is 0.667 bits per heavy atom. The van der Waals surface area contributed by atoms with Gasteiger partial charge in [0.15, 0.2) is 0 Å². The maximum absolute atomic E-state index is 4.63. The van der Waals surface area contributed by atoms with Gasteiger partial charge in [0.25, 0.3) is 0 Å². The molecule has 0 spiro atoms. The molecule has 227 valence electrons. The molecule has 1 aliphatic carbocycles. The van der Waals surface area contributed by atoms with E-state index in [0.29, 0.717) is 5.41 Å². The van der Waals surface area contributed by atoms with Gasteiger partial charge in [-0.3, -0.25) is 4.98 Å². The fourth-order valence-electron chi connectivity index (χ4n) is 5.95. The first-order valence-electron chi connectivity index (χ1n) is 15.1. The van der Waals surface area contributed by atoms with Gasteiger partial charge in [-0.25, -0.2) is 0 Å². The molecule has 0 atom stereocenters. The Morgan fingerprint density at radius 3 is 2.11 bits per heavy atom. The van der Waals surface area contributed by atoms with E-state index >= 15 is 0 Å². The number of fused-ring (bicyclic) bond motifs is 3. The van der Waals surface area contributed by atoms with Gasteiger partial charge < -0.3 is 9.97 Å². The molecule has 0 bridgehead atoms. The molecule has 3 heterocycles. The predicted molar refractivity (Wildman–Crippen MR) is 181 cm³/mol. The van der Waals surface area contributed by atoms with Crippen molar-refractivity contribution >= 4 is 0 Å². The summed E-state index contributed by atoms with van der Waals surface area (Å²) in [7, 11) is 0. The number of nitrogens with zero attached hydrogens (tertiary/aromatic N) is 3. The van der Waals surface area contributed by atoms with Crippen molar-refractivity contribution in [1.29, 1.82) is 0 Å². The standard InChI is InChI=1S/C22H22N.C19H15N2.Ir/c1-22(2,3)16-17-9-11-18(12-10-17)20-13-14-23-21(15-20)19-7-5-4-6-8-19;1-19(2)16-6-4-3-5-14(16)15-12-21-18(11-17(15)19)13-7-9-20-10-8-13;/h4-7,9-15H,16H2,1-3H3;3-7,9-12H,1-2H3;/q2*-1;. The van der Waals surface area contributed by atoms with Crippen molar-refractivity contribution in [2.24, 2.45) is 5.41 Å². The second-order valence-electron chi connectivity index (χ2n) is 13.1. The third-order valence-electron chi connectivity index (χ3n) is 8.13. The molecule has 4 heteroatoms. The summed E-state index contributed by atoms with van der Waals surface area (Å²) >= 11 is 0. The van der Waals surface area contributed by atoms with Crippen molar-refractivity contribution in [2.75, 3.05) is 0 Å². The Bertz CT molecular complexity index is 1870. The van der Waals surface area contributed by atoms with Gasteiger partial charge in [0, 0.05) is 43.5 Å². The van der Waals surface area contributed by atoms with Gasteiger partial charge in [0.1, 0.15) is 0 Å². The monoisotopic (exact) mass is 764 g/mol. The van der Waals surface area contributed by atoms with Crippen molar-refractivity contribution in [3.8, 4) is 44.8 Å². The van der Waals surface area contributed by atoms with Crippen molar-refractivity contribution in [3.63, 3.8) is 0 Å². The molecule has 0 N–H and O–H groups in total. The predicted octanol–water partition coefficient (Wildman–Crippen LogP) is 10.1. The first-order valence-corrected chi connectivity index (χ1v) is 15.1. The van der Waals surface area contributed by atoms with E-state index in [1.807, 2.05) is 42.7 Å². The van der Waals surface area contributed by atoms with Gasteiger partial charge in [-0.1, -0.05) is 95.3 Å². The van der Waals surface area contributed by atoms with Crippen molar-refractivity contribution in [2.45, 2.75) is 46.5 Å². The maximum atomic E-state index is 4.63. The van der Waals surface area contributed by atoms with Crippen LogP contribution in [-0.4, -0.2) is 15.0 Å². The fourth-order valence-corrected chi connectivity index (χ4v) is 5.95. The summed E-state index contributed by atoms with van der Waals surface area (Å²) in [5, 5.41) is 0. The Morgan fingerprint density at radius 2 is 1.40 bits per heavy atom. The molecule has 6 aromatic rings. The molecule has 0 fully saturated rings. The molecule has 45 heavy (non-hydrogen) atoms. The summed E-state index contributed by atoms with van der Waals surface area (Å²) in [4.78, 5) is 13.1. The van der Waals surface area contributed by atoms with Gasteiger partial charge in [0.05, 0.1) is 0 Å². The first kappa shape index (κ1) is 32.2. The zero-order valence-electron chi connectivity index (χ0n) is 26.4. The third kappa shape index (κ3) is 7.20. The Labute approximate surface area is 281 Å². The molecule has 7 rings (SSSR count). The normalized spacial score (nSPS) is 12.6. The van der Waals surface area contributed by atoms with E-state index in [2.05, 4.69) is 128 Å². The zero-order valence-corrected chi connectivity index (χ0v) is 28.8. The van der Waals surface area contributed by atoms with E-state index in [9.17, 15) is 0 Å². The minimum atomic E-state index is 0. The molecule has 1 radical (unpaired) electrons. The number of pyridine rings is 3. The zero-order chi connectivity index (χ0) is 30.7. The Hall–Kier alpha value is -4.24. The average Bonchev–Trinajstić information content (AvgIpc) is 3.28. The molecule has 3 aromatic carbocycles. The first-order chi connectivity index (χ1) is 21.2. The van der Waals surface area contributed by atoms with Crippen LogP contribution in [0.3, 0.4) is 0 Å². The van der Waals surface area contributed by atoms with Crippen molar-refractivity contribution in [1.82, 2.24) is 15.0 Å². The van der Waals surface area contributed by atoms with Gasteiger partial charge in [-0.15, -0.1) is 42.0 Å². The van der Waals surface area contributed by atoms with Crippen LogP contribution in [0.4, 0.5) is 0 Å². The quantitative estimate of drug-likeness (QED) is 0.168. The van der Waals surface area contributed by atoms with Crippen LogP contribution >= 0.6 is 0 Å². The molecular formula is C41H37IrN3-2. The average molecular weight is 764 g/mol. The van der Waals surface area contributed by atoms with E-state index in [1.165, 1.54) is 38.9 Å². The van der Waals surface area contributed by atoms with Gasteiger partial charge in [0.2, 0.25) is 0 Å². The number of hydrogen-bond donors (Lipinski definition) is 0. The minimum absolute atomic E-state index is 0. The molecule has 0 amide bonds. The summed E-state index contributed by atoms with van der Waals surface area (Å²) in [6.45, 7) is 11.4. The van der Waals surface area contributed by atoms with Crippen LogP contribution in [0.25, 0.3) is 44.8 Å². The summed E-state index contributed by atoms with van der Waals surface area (Å²) in [5.41, 5.74) is 13.3. The second kappa shape index (κ2) is 13.4. The molecule has 3 aromatic heterocycles. The number of rotatable bonds is 4. The van der Waals surface area contributed by atoms with Crippen LogP contribution in [0.5, 0.6) is 0 Å². The summed E-state index contributed by atoms with van der Waals surface area (Å²) in [5.74, 6) is 0. The van der Waals surface area contributed by atoms with E-state index < -0.39 is 0 Å². The molecule has 0 aliphatic heterocycles. The second-order valence-corrected chi connectivity index (χ2v) is 13.1. The fraction of sp³-hybridized carbons (Fsp3) is 0.195. The van der Waals surface area contributed by atoms with Gasteiger partial charge in [-0.2, -0.15) is 11.6 Å². The molecule has 0 saturated heterocycles. The van der Waals surface area contributed by atoms with Crippen LogP contribution in [0.15, 0.2) is 122 Å². The van der Waals surface area contributed by atoms with Crippen molar-refractivity contribution < 1.29 is 20.1 Å². The number of benzene rings is 3. The topological polar surface area (TPSA) is 38.7 Å². The smallest absolute Gasteiger partial charge is 0.0206 e. The molecule has 0 saturated carbocycles. The Kier molecular flexibility index (Phi) is 9.58. The molecule has 1 aliphatic rings. The minimum Gasteiger partial charge on any atom is -0.320 e. The summed E-state index contributed by atoms with van der Waals surface area (Å²) in [6, 6.07) is 40.1. The third-order valence-corrected chi connectivity index (χ3v) is 8.13. The van der Waals surface area contributed by atoms with Crippen molar-refractivity contribution in [3.05, 3.63) is 151 Å². The maximum Gasteiger partial charge on any atom is 0.0206 e. The van der Waals surface area contributed by atoms with E-state index in [-0.39, 0.29) is 25.5 Å². The van der Waals surface area contributed by atoms with Crippen LogP contribution in [0.2, 0.25) is 0 Å². The van der Waals surface area contributed by atoms with E-state index in [1.54, 1.807) is 12.4 Å². The van der Waals surface area contributed by atoms with E-state index in [4.69, 9.17) is 0 Å². The van der Waals surface area contributed by atoms with Crippen LogP contribution in [-0.2, 0) is 31.9 Å². The molecular weight excluding hydrogens is 727 g/mol.